The van der Waals surface area contributed by atoms with Crippen LogP contribution in [0.3, 0.4) is 0 Å². The van der Waals surface area contributed by atoms with Crippen LogP contribution < -0.4 is 10.1 Å². The Morgan fingerprint density at radius 1 is 1.15 bits per heavy atom. The third-order valence-electron chi connectivity index (χ3n) is 3.76. The maximum absolute atomic E-state index is 12.4. The van der Waals surface area contributed by atoms with Gasteiger partial charge in [0.05, 0.1) is 24.4 Å². The molecule has 26 heavy (non-hydrogen) atoms. The van der Waals surface area contributed by atoms with Crippen LogP contribution in [0.25, 0.3) is 10.9 Å². The van der Waals surface area contributed by atoms with Crippen molar-refractivity contribution >= 4 is 28.2 Å². The summed E-state index contributed by atoms with van der Waals surface area (Å²) in [5.41, 5.74) is 2.23. The van der Waals surface area contributed by atoms with Gasteiger partial charge in [-0.15, -0.1) is 0 Å². The van der Waals surface area contributed by atoms with Crippen molar-refractivity contribution < 1.29 is 19.4 Å². The Kier molecular flexibility index (Phi) is 5.22. The zero-order valence-electron chi connectivity index (χ0n) is 14.7. The molecule has 2 N–H and O–H groups in total. The van der Waals surface area contributed by atoms with Crippen molar-refractivity contribution in [2.24, 2.45) is 0 Å². The van der Waals surface area contributed by atoms with E-state index in [0.717, 1.165) is 5.39 Å². The fraction of sp³-hybridized carbons (Fsp3) is 0.200. The fourth-order valence-electron chi connectivity index (χ4n) is 2.65. The maximum atomic E-state index is 12.4. The fourth-order valence-corrected chi connectivity index (χ4v) is 2.65. The van der Waals surface area contributed by atoms with Crippen LogP contribution in [0.5, 0.6) is 11.5 Å². The third kappa shape index (κ3) is 3.69. The molecule has 0 aliphatic heterocycles. The van der Waals surface area contributed by atoms with E-state index in [1.54, 1.807) is 31.2 Å². The lowest BCUT2D eigenvalue weighted by Crippen LogP contribution is -2.09. The van der Waals surface area contributed by atoms with E-state index in [-0.39, 0.29) is 12.4 Å². The zero-order chi connectivity index (χ0) is 18.5. The first-order chi connectivity index (χ1) is 12.6. The molecule has 0 unspecified atom stereocenters. The lowest BCUT2D eigenvalue weighted by Gasteiger charge is -2.15. The molecule has 6 nitrogen and oxygen atoms in total. The van der Waals surface area contributed by atoms with E-state index in [1.807, 2.05) is 25.1 Å². The highest BCUT2D eigenvalue weighted by Gasteiger charge is 2.17. The zero-order valence-corrected chi connectivity index (χ0v) is 14.7. The highest BCUT2D eigenvalue weighted by molar-refractivity contribution is 6.06. The summed E-state index contributed by atoms with van der Waals surface area (Å²) in [5.74, 6) is 0.342. The predicted molar refractivity (Wildman–Crippen MR) is 100 cm³/mol. The number of hydrogen-bond donors (Lipinski definition) is 2. The second-order valence-electron chi connectivity index (χ2n) is 5.55. The minimum atomic E-state index is -0.466. The summed E-state index contributed by atoms with van der Waals surface area (Å²) in [7, 11) is 0. The van der Waals surface area contributed by atoms with Gasteiger partial charge in [0.25, 0.3) is 0 Å². The number of fused-ring (bicyclic) bond motifs is 1. The molecular weight excluding hydrogens is 332 g/mol. The maximum Gasteiger partial charge on any atom is 0.341 e. The van der Waals surface area contributed by atoms with E-state index in [0.29, 0.717) is 34.8 Å². The predicted octanol–water partition coefficient (Wildman–Crippen LogP) is 4.26. The second-order valence-corrected chi connectivity index (χ2v) is 5.55. The monoisotopic (exact) mass is 352 g/mol. The van der Waals surface area contributed by atoms with Gasteiger partial charge in [0.1, 0.15) is 17.1 Å². The summed E-state index contributed by atoms with van der Waals surface area (Å²) >= 11 is 0. The molecule has 134 valence electrons. The molecule has 6 heteroatoms. The number of nitrogens with one attached hydrogen (secondary N) is 1. The van der Waals surface area contributed by atoms with E-state index in [2.05, 4.69) is 10.3 Å². The van der Waals surface area contributed by atoms with E-state index < -0.39 is 5.97 Å². The number of ether oxygens (including phenoxy) is 2. The summed E-state index contributed by atoms with van der Waals surface area (Å²) in [4.78, 5) is 16.8. The number of carbonyl (C=O) groups is 1. The lowest BCUT2D eigenvalue weighted by molar-refractivity contribution is 0.0527. The topological polar surface area (TPSA) is 80.7 Å². The van der Waals surface area contributed by atoms with E-state index in [9.17, 15) is 9.90 Å². The van der Waals surface area contributed by atoms with Gasteiger partial charge < -0.3 is 19.9 Å². The van der Waals surface area contributed by atoms with Crippen molar-refractivity contribution in [2.45, 2.75) is 13.8 Å². The first-order valence-corrected chi connectivity index (χ1v) is 8.41. The van der Waals surface area contributed by atoms with Gasteiger partial charge in [-0.3, -0.25) is 4.98 Å². The van der Waals surface area contributed by atoms with Crippen LogP contribution >= 0.6 is 0 Å². The number of phenolic OH excluding ortho intramolecular Hbond substituents is 1. The first-order valence-electron chi connectivity index (χ1n) is 8.41. The van der Waals surface area contributed by atoms with Crippen LogP contribution in [0.1, 0.15) is 24.2 Å². The number of hydrogen-bond acceptors (Lipinski definition) is 6. The quantitative estimate of drug-likeness (QED) is 0.645. The number of anilines is 2. The summed E-state index contributed by atoms with van der Waals surface area (Å²) in [6, 6.07) is 12.2. The summed E-state index contributed by atoms with van der Waals surface area (Å²) in [6.07, 6.45) is 1.49. The van der Waals surface area contributed by atoms with Crippen LogP contribution in [0, 0.1) is 0 Å². The molecule has 0 bridgehead atoms. The summed E-state index contributed by atoms with van der Waals surface area (Å²) < 4.78 is 10.7. The molecule has 2 aromatic carbocycles. The highest BCUT2D eigenvalue weighted by atomic mass is 16.5. The average Bonchev–Trinajstić information content (AvgIpc) is 2.62. The molecule has 0 aliphatic rings. The standard InChI is InChI=1S/C20H20N2O4/c1-3-25-15-8-9-18-16(11-15)19(17(12-21-18)20(24)26-4-2)22-13-6-5-7-14(23)10-13/h5-12,23H,3-4H2,1-2H3,(H,21,22). The molecular formula is C20H20N2O4. The number of nitrogens with zero attached hydrogens (tertiary/aromatic N) is 1. The Bertz CT molecular complexity index is 940. The minimum Gasteiger partial charge on any atom is -0.508 e. The molecule has 3 rings (SSSR count). The van der Waals surface area contributed by atoms with Crippen LogP contribution in [-0.2, 0) is 4.74 Å². The largest absolute Gasteiger partial charge is 0.508 e. The van der Waals surface area contributed by atoms with E-state index >= 15 is 0 Å². The Morgan fingerprint density at radius 2 is 2.00 bits per heavy atom. The Hall–Kier alpha value is -3.28. The molecule has 0 spiro atoms. The summed E-state index contributed by atoms with van der Waals surface area (Å²) in [5, 5.41) is 13.7. The average molecular weight is 352 g/mol. The Balaban J connectivity index is 2.16. The van der Waals surface area contributed by atoms with E-state index in [4.69, 9.17) is 9.47 Å². The van der Waals surface area contributed by atoms with Crippen molar-refractivity contribution in [3.63, 3.8) is 0 Å². The van der Waals surface area contributed by atoms with Crippen LogP contribution in [0.15, 0.2) is 48.7 Å². The van der Waals surface area contributed by atoms with Gasteiger partial charge in [0.15, 0.2) is 0 Å². The number of aromatic nitrogens is 1. The number of aromatic hydroxyl groups is 1. The van der Waals surface area contributed by atoms with Crippen molar-refractivity contribution in [2.75, 3.05) is 18.5 Å². The number of rotatable bonds is 6. The summed E-state index contributed by atoms with van der Waals surface area (Å²) in [6.45, 7) is 4.46. The smallest absolute Gasteiger partial charge is 0.341 e. The van der Waals surface area contributed by atoms with Crippen LogP contribution in [0.2, 0.25) is 0 Å². The molecule has 0 aliphatic carbocycles. The van der Waals surface area contributed by atoms with Gasteiger partial charge in [0, 0.05) is 23.3 Å². The SMILES string of the molecule is CCOC(=O)c1cnc2ccc(OCC)cc2c1Nc1cccc(O)c1. The van der Waals surface area contributed by atoms with Gasteiger partial charge >= 0.3 is 5.97 Å². The lowest BCUT2D eigenvalue weighted by atomic mass is 10.1. The molecule has 0 saturated heterocycles. The van der Waals surface area contributed by atoms with Crippen molar-refractivity contribution in [3.05, 3.63) is 54.2 Å². The molecule has 0 radical (unpaired) electrons. The van der Waals surface area contributed by atoms with Crippen molar-refractivity contribution in [1.29, 1.82) is 0 Å². The first kappa shape index (κ1) is 17.5. The normalized spacial score (nSPS) is 10.5. The molecule has 3 aromatic rings. The second kappa shape index (κ2) is 7.74. The molecule has 0 fully saturated rings. The van der Waals surface area contributed by atoms with Gasteiger partial charge in [0.2, 0.25) is 0 Å². The van der Waals surface area contributed by atoms with Gasteiger partial charge in [-0.05, 0) is 44.2 Å². The highest BCUT2D eigenvalue weighted by Crippen LogP contribution is 2.33. The minimum absolute atomic E-state index is 0.126. The van der Waals surface area contributed by atoms with E-state index in [1.165, 1.54) is 6.20 Å². The Labute approximate surface area is 151 Å². The molecule has 0 atom stereocenters. The van der Waals surface area contributed by atoms with Crippen molar-refractivity contribution in [3.8, 4) is 11.5 Å². The number of pyridine rings is 1. The number of benzene rings is 2. The van der Waals surface area contributed by atoms with Crippen molar-refractivity contribution in [1.82, 2.24) is 4.98 Å². The molecule has 0 amide bonds. The van der Waals surface area contributed by atoms with Gasteiger partial charge in [-0.1, -0.05) is 6.07 Å². The number of esters is 1. The van der Waals surface area contributed by atoms with Gasteiger partial charge in [-0.2, -0.15) is 0 Å². The van der Waals surface area contributed by atoms with Crippen LogP contribution in [-0.4, -0.2) is 29.3 Å². The molecule has 1 aromatic heterocycles. The Morgan fingerprint density at radius 3 is 2.73 bits per heavy atom. The number of carbonyl (C=O) groups excluding carboxylic acids is 1. The molecule has 1 heterocycles. The number of phenols is 1. The van der Waals surface area contributed by atoms with Gasteiger partial charge in [-0.25, -0.2) is 4.79 Å². The van der Waals surface area contributed by atoms with Crippen LogP contribution in [0.4, 0.5) is 11.4 Å². The molecule has 0 saturated carbocycles. The third-order valence-corrected chi connectivity index (χ3v) is 3.76.